The zero-order chi connectivity index (χ0) is 21.8. The molecular formula is C23H21N5O3. The van der Waals surface area contributed by atoms with Gasteiger partial charge in [-0.15, -0.1) is 0 Å². The number of rotatable bonds is 7. The Kier molecular flexibility index (Phi) is 5.61. The molecule has 1 amide bonds. The molecule has 0 aliphatic heterocycles. The molecule has 4 rings (SSSR count). The fourth-order valence-corrected chi connectivity index (χ4v) is 3.32. The van der Waals surface area contributed by atoms with Crippen LogP contribution >= 0.6 is 0 Å². The van der Waals surface area contributed by atoms with Crippen molar-refractivity contribution in [1.82, 2.24) is 24.9 Å². The largest absolute Gasteiger partial charge is 0.477 e. The van der Waals surface area contributed by atoms with Crippen LogP contribution in [0.4, 0.5) is 0 Å². The Hall–Kier alpha value is -4.20. The van der Waals surface area contributed by atoms with Gasteiger partial charge in [0.2, 0.25) is 5.91 Å². The maximum atomic E-state index is 12.7. The van der Waals surface area contributed by atoms with Crippen LogP contribution in [0.15, 0.2) is 79.1 Å². The topological polar surface area (TPSA) is 102 Å². The van der Waals surface area contributed by atoms with Crippen molar-refractivity contribution in [1.29, 1.82) is 0 Å². The molecular weight excluding hydrogens is 394 g/mol. The van der Waals surface area contributed by atoms with Crippen molar-refractivity contribution in [3.05, 3.63) is 90.4 Å². The molecule has 0 radical (unpaired) electrons. The fraction of sp³-hybridized carbons (Fsp3) is 0.130. The van der Waals surface area contributed by atoms with Crippen molar-refractivity contribution < 1.29 is 14.7 Å². The summed E-state index contributed by atoms with van der Waals surface area (Å²) in [6.07, 6.45) is 3.25. The predicted octanol–water partition coefficient (Wildman–Crippen LogP) is 3.31. The Bertz CT molecular complexity index is 1200. The number of carbonyl (C=O) groups excluding carboxylic acids is 1. The van der Waals surface area contributed by atoms with E-state index in [0.717, 1.165) is 22.5 Å². The Morgan fingerprint density at radius 2 is 1.71 bits per heavy atom. The van der Waals surface area contributed by atoms with Crippen LogP contribution in [-0.2, 0) is 11.3 Å². The van der Waals surface area contributed by atoms with Gasteiger partial charge in [-0.1, -0.05) is 48.5 Å². The molecule has 1 unspecified atom stereocenters. The van der Waals surface area contributed by atoms with E-state index in [4.69, 9.17) is 5.10 Å². The molecule has 2 N–H and O–H groups in total. The average Bonchev–Trinajstić information content (AvgIpc) is 3.46. The lowest BCUT2D eigenvalue weighted by atomic mass is 10.1. The Morgan fingerprint density at radius 1 is 1.03 bits per heavy atom. The van der Waals surface area contributed by atoms with Crippen LogP contribution in [0.1, 0.15) is 29.0 Å². The van der Waals surface area contributed by atoms with E-state index in [1.807, 2.05) is 66.9 Å². The van der Waals surface area contributed by atoms with Gasteiger partial charge in [0.1, 0.15) is 11.7 Å². The van der Waals surface area contributed by atoms with E-state index >= 15 is 0 Å². The third kappa shape index (κ3) is 4.23. The molecule has 8 nitrogen and oxygen atoms in total. The Balaban J connectivity index is 1.59. The summed E-state index contributed by atoms with van der Waals surface area (Å²) in [6, 6.07) is 20.1. The molecule has 2 aromatic carbocycles. The molecule has 0 fully saturated rings. The molecule has 0 spiro atoms. The van der Waals surface area contributed by atoms with E-state index in [-0.39, 0.29) is 18.1 Å². The first-order chi connectivity index (χ1) is 15.0. The number of benzene rings is 2. The molecule has 2 heterocycles. The first-order valence-corrected chi connectivity index (χ1v) is 9.78. The molecule has 4 aromatic rings. The first-order valence-electron chi connectivity index (χ1n) is 9.78. The summed E-state index contributed by atoms with van der Waals surface area (Å²) in [4.78, 5) is 24.0. The predicted molar refractivity (Wildman–Crippen MR) is 115 cm³/mol. The van der Waals surface area contributed by atoms with Crippen LogP contribution in [0.3, 0.4) is 0 Å². The van der Waals surface area contributed by atoms with Crippen LogP contribution in [0.25, 0.3) is 16.9 Å². The summed E-state index contributed by atoms with van der Waals surface area (Å²) in [7, 11) is 0. The molecule has 0 saturated carbocycles. The first kappa shape index (κ1) is 20.1. The van der Waals surface area contributed by atoms with E-state index < -0.39 is 12.0 Å². The summed E-state index contributed by atoms with van der Waals surface area (Å²) in [5.41, 5.74) is 3.42. The third-order valence-electron chi connectivity index (χ3n) is 4.95. The molecule has 156 valence electrons. The second kappa shape index (κ2) is 8.66. The van der Waals surface area contributed by atoms with Gasteiger partial charge in [0.15, 0.2) is 0 Å². The number of nitrogens with zero attached hydrogens (tertiary/aromatic N) is 4. The highest BCUT2D eigenvalue weighted by Crippen LogP contribution is 2.24. The number of carboxylic acid groups (broad SMARTS) is 1. The number of para-hydroxylation sites is 1. The smallest absolute Gasteiger partial charge is 0.354 e. The number of amides is 1. The molecule has 0 aliphatic rings. The number of hydrogen-bond donors (Lipinski definition) is 2. The van der Waals surface area contributed by atoms with Gasteiger partial charge in [0, 0.05) is 30.1 Å². The van der Waals surface area contributed by atoms with E-state index in [2.05, 4.69) is 10.4 Å². The van der Waals surface area contributed by atoms with Crippen LogP contribution in [0, 0.1) is 0 Å². The fourth-order valence-electron chi connectivity index (χ4n) is 3.32. The Morgan fingerprint density at radius 3 is 2.39 bits per heavy atom. The molecule has 8 heteroatoms. The zero-order valence-corrected chi connectivity index (χ0v) is 16.8. The summed E-state index contributed by atoms with van der Waals surface area (Å²) in [5, 5.41) is 20.9. The summed E-state index contributed by atoms with van der Waals surface area (Å²) >= 11 is 0. The number of nitrogens with one attached hydrogen (secondary N) is 1. The zero-order valence-electron chi connectivity index (χ0n) is 16.8. The van der Waals surface area contributed by atoms with Gasteiger partial charge < -0.3 is 10.4 Å². The van der Waals surface area contributed by atoms with E-state index in [1.54, 1.807) is 11.6 Å². The van der Waals surface area contributed by atoms with Gasteiger partial charge in [0.05, 0.1) is 11.4 Å². The number of hydrogen-bond acceptors (Lipinski definition) is 4. The number of aromatic nitrogens is 4. The summed E-state index contributed by atoms with van der Waals surface area (Å²) in [5.74, 6) is -1.47. The maximum Gasteiger partial charge on any atom is 0.354 e. The lowest BCUT2D eigenvalue weighted by Crippen LogP contribution is -2.32. The maximum absolute atomic E-state index is 12.7. The normalized spacial score (nSPS) is 11.8. The van der Waals surface area contributed by atoms with Crippen LogP contribution in [0.2, 0.25) is 0 Å². The second-order valence-electron chi connectivity index (χ2n) is 7.01. The van der Waals surface area contributed by atoms with Crippen LogP contribution in [0.5, 0.6) is 0 Å². The van der Waals surface area contributed by atoms with Crippen molar-refractivity contribution in [2.24, 2.45) is 0 Å². The lowest BCUT2D eigenvalue weighted by Gasteiger charge is -2.14. The van der Waals surface area contributed by atoms with Crippen molar-refractivity contribution >= 4 is 11.9 Å². The number of aromatic carboxylic acids is 1. The highest BCUT2D eigenvalue weighted by Gasteiger charge is 2.22. The molecule has 2 aromatic heterocycles. The molecule has 0 bridgehead atoms. The Labute approximate surface area is 178 Å². The molecule has 0 aliphatic carbocycles. The van der Waals surface area contributed by atoms with Crippen molar-refractivity contribution in [2.45, 2.75) is 19.5 Å². The SMILES string of the molecule is CC(C(=O)NCc1cn(-c2ccccc2)nc1-c1ccccc1)n1nccc1C(=O)O. The molecule has 31 heavy (non-hydrogen) atoms. The standard InChI is InChI=1S/C23H21N5O3/c1-16(28-20(23(30)31)12-13-25-28)22(29)24-14-18-15-27(19-10-6-3-7-11-19)26-21(18)17-8-4-2-5-9-17/h2-13,15-16H,14H2,1H3,(H,24,29)(H,30,31). The molecule has 0 saturated heterocycles. The van der Waals surface area contributed by atoms with Gasteiger partial charge >= 0.3 is 5.97 Å². The minimum Gasteiger partial charge on any atom is -0.477 e. The van der Waals surface area contributed by atoms with Crippen molar-refractivity contribution in [2.75, 3.05) is 0 Å². The van der Waals surface area contributed by atoms with Crippen LogP contribution < -0.4 is 5.32 Å². The highest BCUT2D eigenvalue weighted by atomic mass is 16.4. The quantitative estimate of drug-likeness (QED) is 0.482. The number of carbonyl (C=O) groups is 2. The monoisotopic (exact) mass is 415 g/mol. The van der Waals surface area contributed by atoms with Gasteiger partial charge in [-0.3, -0.25) is 4.79 Å². The molecule has 1 atom stereocenters. The third-order valence-corrected chi connectivity index (χ3v) is 4.95. The van der Waals surface area contributed by atoms with Gasteiger partial charge in [0.25, 0.3) is 0 Å². The minimum atomic E-state index is -1.13. The minimum absolute atomic E-state index is 0.0375. The highest BCUT2D eigenvalue weighted by molar-refractivity contribution is 5.87. The van der Waals surface area contributed by atoms with E-state index in [0.29, 0.717) is 0 Å². The van der Waals surface area contributed by atoms with E-state index in [9.17, 15) is 14.7 Å². The van der Waals surface area contributed by atoms with Gasteiger partial charge in [-0.05, 0) is 25.1 Å². The second-order valence-corrected chi connectivity index (χ2v) is 7.01. The van der Waals surface area contributed by atoms with Crippen LogP contribution in [-0.4, -0.2) is 36.5 Å². The lowest BCUT2D eigenvalue weighted by molar-refractivity contribution is -0.124. The number of carboxylic acids is 1. The van der Waals surface area contributed by atoms with Crippen molar-refractivity contribution in [3.63, 3.8) is 0 Å². The van der Waals surface area contributed by atoms with Gasteiger partial charge in [-0.2, -0.15) is 10.2 Å². The van der Waals surface area contributed by atoms with Crippen molar-refractivity contribution in [3.8, 4) is 16.9 Å². The van der Waals surface area contributed by atoms with E-state index in [1.165, 1.54) is 16.9 Å². The summed E-state index contributed by atoms with van der Waals surface area (Å²) in [6.45, 7) is 1.85. The van der Waals surface area contributed by atoms with Gasteiger partial charge in [-0.25, -0.2) is 14.2 Å². The summed E-state index contributed by atoms with van der Waals surface area (Å²) < 4.78 is 2.98. The average molecular weight is 415 g/mol.